The summed E-state index contributed by atoms with van der Waals surface area (Å²) in [6.45, 7) is 0. The molecule has 0 aliphatic rings. The van der Waals surface area contributed by atoms with Crippen molar-refractivity contribution >= 4 is 45.7 Å². The maximum absolute atomic E-state index is 12.3. The zero-order chi connectivity index (χ0) is 24.5. The summed E-state index contributed by atoms with van der Waals surface area (Å²) in [6.07, 6.45) is 0.798. The number of rotatable bonds is 11. The summed E-state index contributed by atoms with van der Waals surface area (Å²) in [5.74, 6) is 1.81. The van der Waals surface area contributed by atoms with Gasteiger partial charge >= 0.3 is 0 Å². The Hall–Kier alpha value is -3.77. The van der Waals surface area contributed by atoms with Gasteiger partial charge in [0.15, 0.2) is 4.34 Å². The number of thioether (sulfide) groups is 1. The van der Waals surface area contributed by atoms with Crippen LogP contribution in [0.15, 0.2) is 63.5 Å². The molecular weight excluding hydrogens is 488 g/mol. The number of benzene rings is 2. The molecule has 0 unspecified atom stereocenters. The highest BCUT2D eigenvalue weighted by Gasteiger charge is 2.13. The number of anilines is 2. The second kappa shape index (κ2) is 12.1. The van der Waals surface area contributed by atoms with E-state index in [1.165, 1.54) is 23.1 Å². The fourth-order valence-corrected chi connectivity index (χ4v) is 4.69. The summed E-state index contributed by atoms with van der Waals surface area (Å²) in [5, 5.41) is 18.0. The second-order valence-corrected chi connectivity index (χ2v) is 9.49. The standard InChI is InChI=1S/C23H22N6O4S2/c1-32-17-9-7-16(8-10-17)24-19(31)13-14-34-23-28-27-22(35-23)25-18(30)11-12-20-26-21(29-33-20)15-5-3-2-4-6-15/h2-10H,11-14H2,1H3,(H,24,31)(H,25,27,30). The normalized spacial score (nSPS) is 10.7. The first-order valence-electron chi connectivity index (χ1n) is 10.7. The number of nitrogens with one attached hydrogen (secondary N) is 2. The van der Waals surface area contributed by atoms with Crippen molar-refractivity contribution in [2.45, 2.75) is 23.6 Å². The molecule has 0 saturated heterocycles. The first-order valence-corrected chi connectivity index (χ1v) is 12.5. The highest BCUT2D eigenvalue weighted by molar-refractivity contribution is 8.01. The van der Waals surface area contributed by atoms with E-state index in [1.54, 1.807) is 31.4 Å². The number of methoxy groups -OCH3 is 1. The van der Waals surface area contributed by atoms with Gasteiger partial charge in [0.2, 0.25) is 28.7 Å². The molecule has 2 N–H and O–H groups in total. The molecule has 0 radical (unpaired) electrons. The van der Waals surface area contributed by atoms with Crippen LogP contribution in [0.3, 0.4) is 0 Å². The molecule has 2 heterocycles. The zero-order valence-corrected chi connectivity index (χ0v) is 20.4. The number of aryl methyl sites for hydroxylation is 1. The molecule has 35 heavy (non-hydrogen) atoms. The van der Waals surface area contributed by atoms with E-state index in [9.17, 15) is 9.59 Å². The molecule has 0 spiro atoms. The Morgan fingerprint density at radius 2 is 1.77 bits per heavy atom. The van der Waals surface area contributed by atoms with Gasteiger partial charge in [0.1, 0.15) is 5.75 Å². The summed E-state index contributed by atoms with van der Waals surface area (Å²) in [5.41, 5.74) is 1.56. The Balaban J connectivity index is 1.16. The molecule has 10 nitrogen and oxygen atoms in total. The molecule has 0 aliphatic carbocycles. The second-order valence-electron chi connectivity index (χ2n) is 7.17. The van der Waals surface area contributed by atoms with Gasteiger partial charge in [0, 0.05) is 36.3 Å². The van der Waals surface area contributed by atoms with E-state index in [4.69, 9.17) is 9.26 Å². The predicted octanol–water partition coefficient (Wildman–Crippen LogP) is 4.29. The third-order valence-corrected chi connectivity index (χ3v) is 6.62. The van der Waals surface area contributed by atoms with Gasteiger partial charge in [-0.25, -0.2) is 0 Å². The van der Waals surface area contributed by atoms with Crippen LogP contribution < -0.4 is 15.4 Å². The van der Waals surface area contributed by atoms with Crippen LogP contribution in [0.2, 0.25) is 0 Å². The van der Waals surface area contributed by atoms with Crippen LogP contribution in [-0.4, -0.2) is 45.0 Å². The van der Waals surface area contributed by atoms with Gasteiger partial charge in [0.25, 0.3) is 0 Å². The van der Waals surface area contributed by atoms with Gasteiger partial charge in [-0.2, -0.15) is 4.98 Å². The Bertz CT molecular complexity index is 1260. The van der Waals surface area contributed by atoms with Crippen molar-refractivity contribution in [3.05, 3.63) is 60.5 Å². The van der Waals surface area contributed by atoms with Crippen molar-refractivity contribution in [1.29, 1.82) is 0 Å². The maximum Gasteiger partial charge on any atom is 0.227 e. The number of ether oxygens (including phenoxy) is 1. The monoisotopic (exact) mass is 510 g/mol. The number of amides is 2. The van der Waals surface area contributed by atoms with Gasteiger partial charge < -0.3 is 19.9 Å². The summed E-state index contributed by atoms with van der Waals surface area (Å²) in [6, 6.07) is 16.6. The number of carbonyl (C=O) groups is 2. The van der Waals surface area contributed by atoms with E-state index in [2.05, 4.69) is 31.0 Å². The Morgan fingerprint density at radius 1 is 1.00 bits per heavy atom. The summed E-state index contributed by atoms with van der Waals surface area (Å²) < 4.78 is 11.0. The molecule has 0 atom stereocenters. The van der Waals surface area contributed by atoms with E-state index in [0.717, 1.165) is 11.3 Å². The van der Waals surface area contributed by atoms with E-state index < -0.39 is 0 Å². The first kappa shape index (κ1) is 24.4. The van der Waals surface area contributed by atoms with Crippen LogP contribution in [0.1, 0.15) is 18.7 Å². The molecule has 2 aromatic heterocycles. The van der Waals surface area contributed by atoms with Gasteiger partial charge in [-0.05, 0) is 24.3 Å². The van der Waals surface area contributed by atoms with Crippen molar-refractivity contribution in [2.75, 3.05) is 23.5 Å². The molecule has 4 aromatic rings. The lowest BCUT2D eigenvalue weighted by molar-refractivity contribution is -0.116. The van der Waals surface area contributed by atoms with Crippen LogP contribution in [0.5, 0.6) is 5.75 Å². The molecule has 0 saturated carbocycles. The topological polar surface area (TPSA) is 132 Å². The zero-order valence-electron chi connectivity index (χ0n) is 18.8. The van der Waals surface area contributed by atoms with Crippen LogP contribution >= 0.6 is 23.1 Å². The van der Waals surface area contributed by atoms with Gasteiger partial charge in [-0.1, -0.05) is 58.6 Å². The highest BCUT2D eigenvalue weighted by atomic mass is 32.2. The molecule has 0 bridgehead atoms. The average molecular weight is 511 g/mol. The lowest BCUT2D eigenvalue weighted by atomic mass is 10.2. The number of aromatic nitrogens is 4. The largest absolute Gasteiger partial charge is 0.497 e. The molecule has 4 rings (SSSR count). The van der Waals surface area contributed by atoms with Crippen molar-refractivity contribution in [3.8, 4) is 17.1 Å². The lowest BCUT2D eigenvalue weighted by Crippen LogP contribution is -2.12. The molecule has 0 fully saturated rings. The van der Waals surface area contributed by atoms with Crippen LogP contribution in [0, 0.1) is 0 Å². The third-order valence-electron chi connectivity index (χ3n) is 4.65. The highest BCUT2D eigenvalue weighted by Crippen LogP contribution is 2.26. The Labute approximate surface area is 209 Å². The van der Waals surface area contributed by atoms with Gasteiger partial charge in [-0.3, -0.25) is 9.59 Å². The molecular formula is C23H22N6O4S2. The Kier molecular flexibility index (Phi) is 8.41. The number of carbonyl (C=O) groups excluding carboxylic acids is 2. The summed E-state index contributed by atoms with van der Waals surface area (Å²) >= 11 is 2.66. The predicted molar refractivity (Wildman–Crippen MR) is 134 cm³/mol. The van der Waals surface area contributed by atoms with E-state index >= 15 is 0 Å². The minimum Gasteiger partial charge on any atom is -0.497 e. The van der Waals surface area contributed by atoms with E-state index in [1.807, 2.05) is 30.3 Å². The van der Waals surface area contributed by atoms with E-state index in [-0.39, 0.29) is 18.2 Å². The SMILES string of the molecule is COc1ccc(NC(=O)CCSc2nnc(NC(=O)CCc3nc(-c4ccccc4)no3)s2)cc1. The van der Waals surface area contributed by atoms with Gasteiger partial charge in [0.05, 0.1) is 7.11 Å². The van der Waals surface area contributed by atoms with Crippen molar-refractivity contribution in [3.63, 3.8) is 0 Å². The van der Waals surface area contributed by atoms with E-state index in [0.29, 0.717) is 45.5 Å². The Morgan fingerprint density at radius 3 is 2.54 bits per heavy atom. The summed E-state index contributed by atoms with van der Waals surface area (Å²) in [4.78, 5) is 28.7. The fourth-order valence-electron chi connectivity index (χ4n) is 2.91. The molecule has 2 amide bonds. The smallest absolute Gasteiger partial charge is 0.227 e. The molecule has 0 aliphatic heterocycles. The molecule has 2 aromatic carbocycles. The average Bonchev–Trinajstić information content (AvgIpc) is 3.53. The van der Waals surface area contributed by atoms with Crippen LogP contribution in [-0.2, 0) is 16.0 Å². The van der Waals surface area contributed by atoms with Crippen molar-refractivity contribution < 1.29 is 18.8 Å². The minimum absolute atomic E-state index is 0.0999. The van der Waals surface area contributed by atoms with Crippen LogP contribution in [0.25, 0.3) is 11.4 Å². The number of nitrogens with zero attached hydrogens (tertiary/aromatic N) is 4. The fraction of sp³-hybridized carbons (Fsp3) is 0.217. The van der Waals surface area contributed by atoms with Crippen molar-refractivity contribution in [1.82, 2.24) is 20.3 Å². The molecule has 12 heteroatoms. The summed E-state index contributed by atoms with van der Waals surface area (Å²) in [7, 11) is 1.59. The third kappa shape index (κ3) is 7.36. The van der Waals surface area contributed by atoms with Gasteiger partial charge in [-0.15, -0.1) is 10.2 Å². The number of hydrogen-bond acceptors (Lipinski definition) is 10. The molecule has 180 valence electrons. The first-order chi connectivity index (χ1) is 17.1. The quantitative estimate of drug-likeness (QED) is 0.224. The maximum atomic E-state index is 12.3. The lowest BCUT2D eigenvalue weighted by Gasteiger charge is -2.05. The minimum atomic E-state index is -0.226. The number of hydrogen-bond donors (Lipinski definition) is 2. The van der Waals surface area contributed by atoms with Crippen LogP contribution in [0.4, 0.5) is 10.8 Å². The van der Waals surface area contributed by atoms with Crippen molar-refractivity contribution in [2.24, 2.45) is 0 Å².